The number of aliphatic hydroxyl groups is 14. The molecule has 0 aromatic heterocycles. The van der Waals surface area contributed by atoms with Crippen LogP contribution >= 0.6 is 0 Å². The van der Waals surface area contributed by atoms with Crippen LogP contribution < -0.4 is 0 Å². The third kappa shape index (κ3) is 11.8. The van der Waals surface area contributed by atoms with Gasteiger partial charge in [0, 0.05) is 19.4 Å². The molecule has 6 aliphatic heterocycles. The number of methoxy groups -OCH3 is 1. The molecule has 3 saturated carbocycles. The van der Waals surface area contributed by atoms with Gasteiger partial charge in [0.1, 0.15) is 104 Å². The van der Waals surface area contributed by atoms with Crippen molar-refractivity contribution in [1.82, 2.24) is 0 Å². The fourth-order valence-corrected chi connectivity index (χ4v) is 16.7. The highest BCUT2D eigenvalue weighted by Gasteiger charge is 2.69. The highest BCUT2D eigenvalue weighted by Crippen LogP contribution is 2.70. The second-order valence-corrected chi connectivity index (χ2v) is 26.8. The van der Waals surface area contributed by atoms with Crippen molar-refractivity contribution >= 4 is 0 Å². The Labute approximate surface area is 489 Å². The van der Waals surface area contributed by atoms with Crippen molar-refractivity contribution in [2.24, 2.45) is 46.3 Å². The molecular formula is C58H96O26. The Morgan fingerprint density at radius 2 is 1.13 bits per heavy atom. The van der Waals surface area contributed by atoms with E-state index in [2.05, 4.69) is 26.8 Å². The second kappa shape index (κ2) is 25.8. The van der Waals surface area contributed by atoms with Crippen molar-refractivity contribution in [2.45, 2.75) is 278 Å². The second-order valence-electron chi connectivity index (χ2n) is 26.8. The van der Waals surface area contributed by atoms with E-state index in [0.717, 1.165) is 32.1 Å². The number of allylic oxidation sites excluding steroid dienone is 1. The van der Waals surface area contributed by atoms with Crippen LogP contribution in [-0.4, -0.2) is 270 Å². The summed E-state index contributed by atoms with van der Waals surface area (Å²) in [5.74, 6) is 0.707. The van der Waals surface area contributed by atoms with Crippen molar-refractivity contribution < 1.29 is 128 Å². The molecule has 0 radical (unpaired) electrons. The zero-order valence-electron chi connectivity index (χ0n) is 49.3. The Balaban J connectivity index is 0.792. The highest BCUT2D eigenvalue weighted by molar-refractivity contribution is 5.26. The van der Waals surface area contributed by atoms with Gasteiger partial charge in [-0.1, -0.05) is 39.3 Å². The lowest BCUT2D eigenvalue weighted by Crippen LogP contribution is -2.67. The molecule has 84 heavy (non-hydrogen) atoms. The molecule has 4 aliphatic carbocycles. The van der Waals surface area contributed by atoms with Gasteiger partial charge in [-0.15, -0.1) is 0 Å². The van der Waals surface area contributed by atoms with Crippen LogP contribution in [0.2, 0.25) is 0 Å². The van der Waals surface area contributed by atoms with Crippen LogP contribution in [0.4, 0.5) is 0 Å². The summed E-state index contributed by atoms with van der Waals surface area (Å²) in [6, 6.07) is 0. The van der Waals surface area contributed by atoms with E-state index in [1.165, 1.54) is 26.3 Å². The van der Waals surface area contributed by atoms with Crippen molar-refractivity contribution in [2.75, 3.05) is 26.9 Å². The number of hydrogen-bond acceptors (Lipinski definition) is 26. The Morgan fingerprint density at radius 3 is 1.75 bits per heavy atom. The first kappa shape index (κ1) is 65.6. The molecule has 10 rings (SSSR count). The molecule has 10 aliphatic rings. The third-order valence-electron chi connectivity index (χ3n) is 21.8. The Morgan fingerprint density at radius 1 is 0.571 bits per heavy atom. The van der Waals surface area contributed by atoms with Crippen molar-refractivity contribution in [1.29, 1.82) is 0 Å². The molecule has 26 nitrogen and oxygen atoms in total. The largest absolute Gasteiger partial charge is 0.394 e. The normalized spacial score (nSPS) is 55.3. The van der Waals surface area contributed by atoms with Gasteiger partial charge < -0.3 is 128 Å². The summed E-state index contributed by atoms with van der Waals surface area (Å²) in [6.07, 6.45) is -28.2. The van der Waals surface area contributed by atoms with Gasteiger partial charge >= 0.3 is 0 Å². The summed E-state index contributed by atoms with van der Waals surface area (Å²) in [4.78, 5) is 0. The Bertz CT molecular complexity index is 2220. The minimum absolute atomic E-state index is 0.000235. The molecular weight excluding hydrogens is 1110 g/mol. The van der Waals surface area contributed by atoms with Crippen LogP contribution in [0.5, 0.6) is 0 Å². The highest BCUT2D eigenvalue weighted by atomic mass is 16.8. The van der Waals surface area contributed by atoms with Crippen LogP contribution in [0.1, 0.15) is 106 Å². The SMILES string of the molecule is COC1(CCC(C)CO[C@@H]2O[C@H](CO)[C@@H](O)[C@H](O)[C@H]2O)OC2CC3C4CC=C5CC(O[C@@H]6O[C@H](CO)[C@@H](O[C@@H]7O[C@H](C)[C@H](O[C@@H]8O[C@H](C)[C@@H](O)[C@@H](O)[C@H]8O)[C@@H](O)[C@H]7O)[C@H](O)[C@H]6O[C@@H]6O[C@H](C)[C@H](O)[C@@H](O)[C@H]6O)CCC5(C)C4CCC3(C)C2C1C. The zero-order chi connectivity index (χ0) is 60.8. The van der Waals surface area contributed by atoms with E-state index in [1.807, 2.05) is 6.92 Å². The topological polar surface area (TPSA) is 394 Å². The van der Waals surface area contributed by atoms with E-state index in [-0.39, 0.29) is 41.3 Å². The lowest BCUT2D eigenvalue weighted by Gasteiger charge is -2.58. The van der Waals surface area contributed by atoms with Crippen LogP contribution in [0.15, 0.2) is 11.6 Å². The van der Waals surface area contributed by atoms with Crippen molar-refractivity contribution in [3.8, 4) is 0 Å². The molecule has 0 amide bonds. The summed E-state index contributed by atoms with van der Waals surface area (Å²) < 4.78 is 73.6. The number of ether oxygens (including phenoxy) is 12. The maximum Gasteiger partial charge on any atom is 0.187 e. The molecule has 9 fully saturated rings. The van der Waals surface area contributed by atoms with Crippen LogP contribution in [0.3, 0.4) is 0 Å². The average molecular weight is 1210 g/mol. The number of fused-ring (bicyclic) bond motifs is 7. The lowest BCUT2D eigenvalue weighted by molar-refractivity contribution is -0.394. The first-order valence-corrected chi connectivity index (χ1v) is 30.5. The third-order valence-corrected chi connectivity index (χ3v) is 21.8. The van der Waals surface area contributed by atoms with E-state index in [1.54, 1.807) is 7.11 Å². The molecule has 0 aromatic rings. The van der Waals surface area contributed by atoms with Gasteiger partial charge in [-0.3, -0.25) is 0 Å². The van der Waals surface area contributed by atoms with Gasteiger partial charge in [0.05, 0.1) is 50.3 Å². The standard InChI is InChI=1S/C58H96O26/c1-22(21-74-51-43(68)41(66)38(63)33(19-59)79-51)11-16-58(73-8)23(2)35-32(84-58)18-31-29-10-9-27-17-28(12-14-56(27,6)30(29)13-15-57(31,35)7)78-55-50(83-53-45(70)40(65)37(62)25(4)76-53)47(72)49(34(20-60)80-55)82-54-46(71)42(67)48(26(5)77-54)81-52-44(69)39(64)36(61)24(3)75-52/h9,22-26,28-55,59-72H,10-21H2,1-8H3/t22?,23?,24-,25-,26-,28?,29?,30?,31?,32?,33-,34-,35?,36-,37+,38-,39-,40-,41+,42+,43-,44-,45-,46-,47+,48+,49-,50-,51-,52+,53+,54+,55-,56?,57?,58?/m1/s1. The molecule has 0 aromatic carbocycles. The van der Waals surface area contributed by atoms with Crippen molar-refractivity contribution in [3.63, 3.8) is 0 Å². The summed E-state index contributed by atoms with van der Waals surface area (Å²) in [5, 5.41) is 150. The van der Waals surface area contributed by atoms with Gasteiger partial charge in [0.15, 0.2) is 37.2 Å². The van der Waals surface area contributed by atoms with E-state index in [0.29, 0.717) is 43.4 Å². The first-order chi connectivity index (χ1) is 39.7. The molecule has 14 N–H and O–H groups in total. The van der Waals surface area contributed by atoms with E-state index in [9.17, 15) is 71.5 Å². The maximum atomic E-state index is 12.3. The lowest BCUT2D eigenvalue weighted by atomic mass is 9.47. The maximum absolute atomic E-state index is 12.3. The first-order valence-electron chi connectivity index (χ1n) is 30.5. The molecule has 6 saturated heterocycles. The van der Waals surface area contributed by atoms with E-state index >= 15 is 0 Å². The molecule has 484 valence electrons. The average Bonchev–Trinajstić information content (AvgIpc) is 1.99. The summed E-state index contributed by atoms with van der Waals surface area (Å²) in [5.41, 5.74) is 1.09. The van der Waals surface area contributed by atoms with Crippen LogP contribution in [-0.2, 0) is 56.8 Å². The monoisotopic (exact) mass is 1210 g/mol. The van der Waals surface area contributed by atoms with Crippen LogP contribution in [0, 0.1) is 46.3 Å². The zero-order valence-corrected chi connectivity index (χ0v) is 49.3. The predicted molar refractivity (Wildman–Crippen MR) is 285 cm³/mol. The molecule has 0 bridgehead atoms. The number of hydrogen-bond donors (Lipinski definition) is 14. The van der Waals surface area contributed by atoms with Gasteiger partial charge in [-0.2, -0.15) is 0 Å². The van der Waals surface area contributed by atoms with E-state index < -0.39 is 179 Å². The minimum atomic E-state index is -1.88. The summed E-state index contributed by atoms with van der Waals surface area (Å²) in [6.45, 7) is 12.4. The van der Waals surface area contributed by atoms with Crippen molar-refractivity contribution in [3.05, 3.63) is 11.6 Å². The number of aliphatic hydroxyl groups excluding tert-OH is 14. The van der Waals surface area contributed by atoms with Gasteiger partial charge in [-0.05, 0) is 113 Å². The summed E-state index contributed by atoms with van der Waals surface area (Å²) in [7, 11) is 1.71. The Kier molecular flexibility index (Phi) is 20.1. The minimum Gasteiger partial charge on any atom is -0.394 e. The van der Waals surface area contributed by atoms with E-state index in [4.69, 9.17) is 56.8 Å². The molecule has 0 spiro atoms. The molecule has 11 unspecified atom stereocenters. The number of rotatable bonds is 17. The van der Waals surface area contributed by atoms with Gasteiger partial charge in [0.2, 0.25) is 0 Å². The smallest absolute Gasteiger partial charge is 0.187 e. The van der Waals surface area contributed by atoms with Crippen LogP contribution in [0.25, 0.3) is 0 Å². The Hall–Kier alpha value is -1.30. The molecule has 6 heterocycles. The quantitative estimate of drug-likeness (QED) is 0.0671. The summed E-state index contributed by atoms with van der Waals surface area (Å²) >= 11 is 0. The van der Waals surface area contributed by atoms with Gasteiger partial charge in [-0.25, -0.2) is 0 Å². The molecule has 36 atom stereocenters. The predicted octanol–water partition coefficient (Wildman–Crippen LogP) is -2.47. The fraction of sp³-hybridized carbons (Fsp3) is 0.966. The fourth-order valence-electron chi connectivity index (χ4n) is 16.7. The molecule has 26 heteroatoms. The van der Waals surface area contributed by atoms with Gasteiger partial charge in [0.25, 0.3) is 0 Å².